The van der Waals surface area contributed by atoms with Gasteiger partial charge in [0.1, 0.15) is 12.1 Å². The van der Waals surface area contributed by atoms with Crippen molar-refractivity contribution in [1.82, 2.24) is 30.1 Å². The van der Waals surface area contributed by atoms with Gasteiger partial charge in [-0.1, -0.05) is 17.3 Å². The summed E-state index contributed by atoms with van der Waals surface area (Å²) in [6.45, 7) is 4.88. The topological polar surface area (TPSA) is 77.6 Å². The number of para-hydroxylation sites is 1. The SMILES string of the molecule is CCn1nccc1C(C)NC(=O)Cn1nnc2ccccc21. The lowest BCUT2D eigenvalue weighted by Gasteiger charge is -2.15. The Kier molecular flexibility index (Phi) is 3.86. The number of hydrogen-bond donors (Lipinski definition) is 1. The Labute approximate surface area is 127 Å². The van der Waals surface area contributed by atoms with Crippen LogP contribution in [0.15, 0.2) is 36.5 Å². The van der Waals surface area contributed by atoms with E-state index >= 15 is 0 Å². The quantitative estimate of drug-likeness (QED) is 0.775. The molecule has 2 heterocycles. The Bertz CT molecular complexity index is 790. The van der Waals surface area contributed by atoms with Gasteiger partial charge < -0.3 is 5.32 Å². The zero-order valence-corrected chi connectivity index (χ0v) is 12.6. The number of rotatable bonds is 5. The van der Waals surface area contributed by atoms with Crippen molar-refractivity contribution in [2.24, 2.45) is 0 Å². The maximum absolute atomic E-state index is 12.2. The van der Waals surface area contributed by atoms with Crippen molar-refractivity contribution in [2.45, 2.75) is 33.0 Å². The molecule has 0 fully saturated rings. The highest BCUT2D eigenvalue weighted by atomic mass is 16.2. The van der Waals surface area contributed by atoms with Gasteiger partial charge in [-0.2, -0.15) is 5.10 Å². The number of aromatic nitrogens is 5. The minimum absolute atomic E-state index is 0.105. The standard InChI is InChI=1S/C15H18N6O/c1-3-20-13(8-9-16-20)11(2)17-15(22)10-21-14-7-5-4-6-12(14)18-19-21/h4-9,11H,3,10H2,1-2H3,(H,17,22). The van der Waals surface area contributed by atoms with Gasteiger partial charge >= 0.3 is 0 Å². The molecule has 0 radical (unpaired) electrons. The molecule has 1 N–H and O–H groups in total. The first kappa shape index (κ1) is 14.2. The van der Waals surface area contributed by atoms with Gasteiger partial charge in [0.15, 0.2) is 0 Å². The number of aryl methyl sites for hydroxylation is 1. The van der Waals surface area contributed by atoms with Gasteiger partial charge in [0, 0.05) is 12.7 Å². The van der Waals surface area contributed by atoms with Crippen molar-refractivity contribution in [3.63, 3.8) is 0 Å². The van der Waals surface area contributed by atoms with Gasteiger partial charge in [-0.25, -0.2) is 4.68 Å². The Morgan fingerprint density at radius 1 is 1.27 bits per heavy atom. The van der Waals surface area contributed by atoms with Crippen LogP contribution in [0.4, 0.5) is 0 Å². The summed E-state index contributed by atoms with van der Waals surface area (Å²) in [7, 11) is 0. The first-order chi connectivity index (χ1) is 10.7. The lowest BCUT2D eigenvalue weighted by molar-refractivity contribution is -0.122. The minimum Gasteiger partial charge on any atom is -0.346 e. The van der Waals surface area contributed by atoms with Crippen LogP contribution >= 0.6 is 0 Å². The van der Waals surface area contributed by atoms with Gasteiger partial charge in [0.05, 0.1) is 17.3 Å². The molecule has 2 aromatic heterocycles. The van der Waals surface area contributed by atoms with Crippen LogP contribution in [0.25, 0.3) is 11.0 Å². The molecule has 3 rings (SSSR count). The number of carbonyl (C=O) groups is 1. The van der Waals surface area contributed by atoms with Crippen molar-refractivity contribution in [3.05, 3.63) is 42.2 Å². The van der Waals surface area contributed by atoms with Crippen LogP contribution in [0, 0.1) is 0 Å². The van der Waals surface area contributed by atoms with E-state index < -0.39 is 0 Å². The molecular weight excluding hydrogens is 280 g/mol. The predicted octanol–water partition coefficient (Wildman–Crippen LogP) is 1.53. The fourth-order valence-electron chi connectivity index (χ4n) is 2.51. The molecule has 0 aliphatic carbocycles. The molecule has 1 unspecified atom stereocenters. The molecule has 7 heteroatoms. The summed E-state index contributed by atoms with van der Waals surface area (Å²) in [5, 5.41) is 15.3. The molecule has 3 aromatic rings. The van der Waals surface area contributed by atoms with Gasteiger partial charge in [0.2, 0.25) is 5.91 Å². The van der Waals surface area contributed by atoms with Crippen LogP contribution in [0.3, 0.4) is 0 Å². The highest BCUT2D eigenvalue weighted by Crippen LogP contribution is 2.12. The van der Waals surface area contributed by atoms with Crippen LogP contribution < -0.4 is 5.32 Å². The van der Waals surface area contributed by atoms with E-state index in [-0.39, 0.29) is 18.5 Å². The number of carbonyl (C=O) groups excluding carboxylic acids is 1. The van der Waals surface area contributed by atoms with Gasteiger partial charge in [-0.15, -0.1) is 5.10 Å². The molecule has 0 aliphatic rings. The maximum Gasteiger partial charge on any atom is 0.242 e. The van der Waals surface area contributed by atoms with Crippen LogP contribution in [0.1, 0.15) is 25.6 Å². The largest absolute Gasteiger partial charge is 0.346 e. The lowest BCUT2D eigenvalue weighted by Crippen LogP contribution is -2.31. The normalized spacial score (nSPS) is 12.5. The lowest BCUT2D eigenvalue weighted by atomic mass is 10.2. The third-order valence-electron chi connectivity index (χ3n) is 3.58. The molecule has 1 aromatic carbocycles. The van der Waals surface area contributed by atoms with Gasteiger partial charge in [-0.05, 0) is 32.0 Å². The third-order valence-corrected chi connectivity index (χ3v) is 3.58. The van der Waals surface area contributed by atoms with E-state index in [1.807, 2.05) is 48.9 Å². The first-order valence-corrected chi connectivity index (χ1v) is 7.28. The summed E-state index contributed by atoms with van der Waals surface area (Å²) >= 11 is 0. The Morgan fingerprint density at radius 3 is 2.91 bits per heavy atom. The second-order valence-corrected chi connectivity index (χ2v) is 5.10. The van der Waals surface area contributed by atoms with E-state index in [0.717, 1.165) is 23.3 Å². The van der Waals surface area contributed by atoms with E-state index in [9.17, 15) is 4.79 Å². The van der Waals surface area contributed by atoms with Crippen molar-refractivity contribution in [1.29, 1.82) is 0 Å². The molecule has 114 valence electrons. The molecule has 0 bridgehead atoms. The van der Waals surface area contributed by atoms with Crippen LogP contribution in [-0.4, -0.2) is 30.7 Å². The molecule has 22 heavy (non-hydrogen) atoms. The molecule has 0 saturated carbocycles. The van der Waals surface area contributed by atoms with E-state index in [4.69, 9.17) is 0 Å². The van der Waals surface area contributed by atoms with E-state index in [1.165, 1.54) is 0 Å². The summed E-state index contributed by atoms with van der Waals surface area (Å²) < 4.78 is 3.48. The highest BCUT2D eigenvalue weighted by molar-refractivity contribution is 5.79. The molecule has 0 saturated heterocycles. The summed E-state index contributed by atoms with van der Waals surface area (Å²) in [5.74, 6) is -0.105. The zero-order chi connectivity index (χ0) is 15.5. The number of hydrogen-bond acceptors (Lipinski definition) is 4. The fraction of sp³-hybridized carbons (Fsp3) is 0.333. The molecular formula is C15H18N6O. The number of benzene rings is 1. The first-order valence-electron chi connectivity index (χ1n) is 7.28. The third kappa shape index (κ3) is 2.69. The second kappa shape index (κ2) is 5.97. The average Bonchev–Trinajstić information content (AvgIpc) is 3.14. The number of nitrogens with one attached hydrogen (secondary N) is 1. The van der Waals surface area contributed by atoms with Crippen molar-refractivity contribution >= 4 is 16.9 Å². The summed E-state index contributed by atoms with van der Waals surface area (Å²) in [6.07, 6.45) is 1.74. The van der Waals surface area contributed by atoms with Crippen LogP contribution in [0.5, 0.6) is 0 Å². The molecule has 0 spiro atoms. The van der Waals surface area contributed by atoms with E-state index in [2.05, 4.69) is 20.7 Å². The summed E-state index contributed by atoms with van der Waals surface area (Å²) in [4.78, 5) is 12.2. The molecule has 1 atom stereocenters. The highest BCUT2D eigenvalue weighted by Gasteiger charge is 2.15. The predicted molar refractivity (Wildman–Crippen MR) is 82.0 cm³/mol. The molecule has 1 amide bonds. The smallest absolute Gasteiger partial charge is 0.242 e. The monoisotopic (exact) mass is 298 g/mol. The average molecular weight is 298 g/mol. The van der Waals surface area contributed by atoms with E-state index in [0.29, 0.717) is 0 Å². The van der Waals surface area contributed by atoms with E-state index in [1.54, 1.807) is 10.9 Å². The van der Waals surface area contributed by atoms with Crippen molar-refractivity contribution in [2.75, 3.05) is 0 Å². The van der Waals surface area contributed by atoms with Gasteiger partial charge in [-0.3, -0.25) is 9.48 Å². The second-order valence-electron chi connectivity index (χ2n) is 5.10. The van der Waals surface area contributed by atoms with Crippen LogP contribution in [0.2, 0.25) is 0 Å². The summed E-state index contributed by atoms with van der Waals surface area (Å²) in [6, 6.07) is 9.39. The van der Waals surface area contributed by atoms with Crippen molar-refractivity contribution < 1.29 is 4.79 Å². The minimum atomic E-state index is -0.107. The summed E-state index contributed by atoms with van der Waals surface area (Å²) in [5.41, 5.74) is 2.62. The Morgan fingerprint density at radius 2 is 2.09 bits per heavy atom. The number of fused-ring (bicyclic) bond motifs is 1. The molecule has 0 aliphatic heterocycles. The molecule has 7 nitrogen and oxygen atoms in total. The van der Waals surface area contributed by atoms with Crippen molar-refractivity contribution in [3.8, 4) is 0 Å². The maximum atomic E-state index is 12.2. The Hall–Kier alpha value is -2.70. The number of nitrogens with zero attached hydrogens (tertiary/aromatic N) is 5. The number of amides is 1. The van der Waals surface area contributed by atoms with Crippen LogP contribution in [-0.2, 0) is 17.9 Å². The fourth-order valence-corrected chi connectivity index (χ4v) is 2.51. The zero-order valence-electron chi connectivity index (χ0n) is 12.6. The van der Waals surface area contributed by atoms with Gasteiger partial charge in [0.25, 0.3) is 0 Å². The Balaban J connectivity index is 1.70.